The Bertz CT molecular complexity index is 746. The molecule has 1 heterocycles. The molecule has 3 aromatic rings. The van der Waals surface area contributed by atoms with E-state index in [1.54, 1.807) is 6.20 Å². The number of fused-ring (bicyclic) bond motifs is 1. The van der Waals surface area contributed by atoms with Crippen molar-refractivity contribution < 1.29 is 4.74 Å². The molecule has 2 aromatic carbocycles. The second-order valence-electron chi connectivity index (χ2n) is 4.37. The van der Waals surface area contributed by atoms with Gasteiger partial charge in [-0.15, -0.1) is 0 Å². The molecule has 0 N–H and O–H groups in total. The topological polar surface area (TPSA) is 22.1 Å². The lowest BCUT2D eigenvalue weighted by Gasteiger charge is -2.08. The van der Waals surface area contributed by atoms with Gasteiger partial charge in [0.2, 0.25) is 0 Å². The van der Waals surface area contributed by atoms with Crippen molar-refractivity contribution in [3.63, 3.8) is 0 Å². The molecule has 0 spiro atoms. The predicted molar refractivity (Wildman–Crippen MR) is 85.2 cm³/mol. The van der Waals surface area contributed by atoms with E-state index in [1.807, 2.05) is 48.5 Å². The molecule has 0 aliphatic rings. The number of hydrogen-bond donors (Lipinski definition) is 0. The normalized spacial score (nSPS) is 10.7. The zero-order chi connectivity index (χ0) is 13.9. The Labute approximate surface area is 130 Å². The van der Waals surface area contributed by atoms with Crippen LogP contribution in [0.5, 0.6) is 5.75 Å². The smallest absolute Gasteiger partial charge is 0.122 e. The van der Waals surface area contributed by atoms with E-state index in [9.17, 15) is 0 Å². The largest absolute Gasteiger partial charge is 0.489 e. The standard InChI is InChI=1S/C16H11BrClNO/c17-14-9-19-15-8-12(6-7-13(15)16(14)18)20-10-11-4-2-1-3-5-11/h1-9H,10H2. The first-order chi connectivity index (χ1) is 9.74. The summed E-state index contributed by atoms with van der Waals surface area (Å²) < 4.78 is 6.57. The van der Waals surface area contributed by atoms with Crippen molar-refractivity contribution in [3.05, 3.63) is 69.8 Å². The zero-order valence-electron chi connectivity index (χ0n) is 10.5. The molecule has 0 atom stereocenters. The maximum atomic E-state index is 6.22. The first-order valence-electron chi connectivity index (χ1n) is 6.14. The van der Waals surface area contributed by atoms with Crippen LogP contribution < -0.4 is 4.74 Å². The number of ether oxygens (including phenoxy) is 1. The summed E-state index contributed by atoms with van der Waals surface area (Å²) in [6, 6.07) is 15.8. The molecule has 0 saturated heterocycles. The van der Waals surface area contributed by atoms with Gasteiger partial charge in [0, 0.05) is 17.6 Å². The lowest BCUT2D eigenvalue weighted by molar-refractivity contribution is 0.306. The summed E-state index contributed by atoms with van der Waals surface area (Å²) in [6.07, 6.45) is 1.70. The Balaban J connectivity index is 1.85. The third kappa shape index (κ3) is 2.79. The van der Waals surface area contributed by atoms with E-state index in [0.717, 1.165) is 26.7 Å². The van der Waals surface area contributed by atoms with Gasteiger partial charge in [0.25, 0.3) is 0 Å². The van der Waals surface area contributed by atoms with E-state index in [-0.39, 0.29) is 0 Å². The Kier molecular flexibility index (Phi) is 3.90. The van der Waals surface area contributed by atoms with Crippen molar-refractivity contribution >= 4 is 38.4 Å². The summed E-state index contributed by atoms with van der Waals surface area (Å²) in [5, 5.41) is 1.58. The first-order valence-corrected chi connectivity index (χ1v) is 7.31. The highest BCUT2D eigenvalue weighted by Crippen LogP contribution is 2.31. The van der Waals surface area contributed by atoms with E-state index in [1.165, 1.54) is 0 Å². The van der Waals surface area contributed by atoms with Crippen molar-refractivity contribution in [1.29, 1.82) is 0 Å². The molecule has 0 aliphatic heterocycles. The molecule has 0 aliphatic carbocycles. The summed E-state index contributed by atoms with van der Waals surface area (Å²) in [6.45, 7) is 0.538. The van der Waals surface area contributed by atoms with E-state index >= 15 is 0 Å². The molecule has 1 aromatic heterocycles. The Morgan fingerprint density at radius 3 is 2.70 bits per heavy atom. The highest BCUT2D eigenvalue weighted by molar-refractivity contribution is 9.10. The van der Waals surface area contributed by atoms with Crippen LogP contribution in [0.4, 0.5) is 0 Å². The van der Waals surface area contributed by atoms with Crippen molar-refractivity contribution in [1.82, 2.24) is 4.98 Å². The monoisotopic (exact) mass is 347 g/mol. The van der Waals surface area contributed by atoms with Crippen LogP contribution in [0.3, 0.4) is 0 Å². The molecule has 0 fully saturated rings. The molecule has 2 nitrogen and oxygen atoms in total. The minimum absolute atomic E-state index is 0.538. The lowest BCUT2D eigenvalue weighted by Crippen LogP contribution is -1.95. The van der Waals surface area contributed by atoms with Crippen molar-refractivity contribution in [2.45, 2.75) is 6.61 Å². The highest BCUT2D eigenvalue weighted by atomic mass is 79.9. The minimum Gasteiger partial charge on any atom is -0.489 e. The lowest BCUT2D eigenvalue weighted by atomic mass is 10.2. The summed E-state index contributed by atoms with van der Waals surface area (Å²) in [5.41, 5.74) is 1.96. The van der Waals surface area contributed by atoms with Gasteiger partial charge in [-0.2, -0.15) is 0 Å². The van der Waals surface area contributed by atoms with Crippen LogP contribution in [0.2, 0.25) is 5.02 Å². The average molecular weight is 349 g/mol. The van der Waals surface area contributed by atoms with Crippen LogP contribution in [0.1, 0.15) is 5.56 Å². The molecule has 100 valence electrons. The predicted octanol–water partition coefficient (Wildman–Crippen LogP) is 5.23. The van der Waals surface area contributed by atoms with Gasteiger partial charge in [-0.05, 0) is 33.6 Å². The van der Waals surface area contributed by atoms with Crippen LogP contribution in [0.15, 0.2) is 59.2 Å². The first kappa shape index (κ1) is 13.4. The van der Waals surface area contributed by atoms with Crippen molar-refractivity contribution in [2.24, 2.45) is 0 Å². The van der Waals surface area contributed by atoms with Gasteiger partial charge in [-0.3, -0.25) is 4.98 Å². The maximum absolute atomic E-state index is 6.22. The minimum atomic E-state index is 0.538. The van der Waals surface area contributed by atoms with Crippen LogP contribution in [0.25, 0.3) is 10.9 Å². The van der Waals surface area contributed by atoms with Crippen LogP contribution >= 0.6 is 27.5 Å². The van der Waals surface area contributed by atoms with Crippen LogP contribution in [-0.2, 0) is 6.61 Å². The second kappa shape index (κ2) is 5.81. The number of aromatic nitrogens is 1. The molecule has 0 unspecified atom stereocenters. The second-order valence-corrected chi connectivity index (χ2v) is 5.61. The molecular formula is C16H11BrClNO. The van der Waals surface area contributed by atoms with Gasteiger partial charge in [0.1, 0.15) is 12.4 Å². The van der Waals surface area contributed by atoms with Gasteiger partial charge in [-0.1, -0.05) is 41.9 Å². The van der Waals surface area contributed by atoms with Crippen molar-refractivity contribution in [2.75, 3.05) is 0 Å². The Morgan fingerprint density at radius 1 is 1.10 bits per heavy atom. The summed E-state index contributed by atoms with van der Waals surface area (Å²) in [7, 11) is 0. The van der Waals surface area contributed by atoms with Crippen LogP contribution in [0, 0.1) is 0 Å². The average Bonchev–Trinajstić information content (AvgIpc) is 2.50. The number of benzene rings is 2. The number of hydrogen-bond acceptors (Lipinski definition) is 2. The van der Waals surface area contributed by atoms with Crippen LogP contribution in [-0.4, -0.2) is 4.98 Å². The maximum Gasteiger partial charge on any atom is 0.122 e. The Hall–Kier alpha value is -1.58. The van der Waals surface area contributed by atoms with Crippen molar-refractivity contribution in [3.8, 4) is 5.75 Å². The fourth-order valence-corrected chi connectivity index (χ4v) is 2.47. The molecule has 0 amide bonds. The number of nitrogens with zero attached hydrogens (tertiary/aromatic N) is 1. The van der Waals surface area contributed by atoms with Gasteiger partial charge in [-0.25, -0.2) is 0 Å². The Morgan fingerprint density at radius 2 is 1.90 bits per heavy atom. The van der Waals surface area contributed by atoms with E-state index in [2.05, 4.69) is 20.9 Å². The van der Waals surface area contributed by atoms with Gasteiger partial charge >= 0.3 is 0 Å². The molecule has 0 saturated carbocycles. The quantitative estimate of drug-likeness (QED) is 0.646. The van der Waals surface area contributed by atoms with Gasteiger partial charge < -0.3 is 4.74 Å². The molecule has 20 heavy (non-hydrogen) atoms. The number of halogens is 2. The van der Waals surface area contributed by atoms with E-state index in [0.29, 0.717) is 11.6 Å². The SMILES string of the molecule is Clc1c(Br)cnc2cc(OCc3ccccc3)ccc12. The van der Waals surface area contributed by atoms with Gasteiger partial charge in [0.15, 0.2) is 0 Å². The molecule has 0 radical (unpaired) electrons. The molecule has 0 bridgehead atoms. The highest BCUT2D eigenvalue weighted by Gasteiger charge is 2.06. The summed E-state index contributed by atoms with van der Waals surface area (Å²) >= 11 is 9.59. The molecule has 3 rings (SSSR count). The zero-order valence-corrected chi connectivity index (χ0v) is 12.9. The van der Waals surface area contributed by atoms with E-state index < -0.39 is 0 Å². The van der Waals surface area contributed by atoms with E-state index in [4.69, 9.17) is 16.3 Å². The summed E-state index contributed by atoms with van der Waals surface area (Å²) in [4.78, 5) is 4.35. The summed E-state index contributed by atoms with van der Waals surface area (Å²) in [5.74, 6) is 0.784. The fourth-order valence-electron chi connectivity index (χ4n) is 1.95. The molecule has 4 heteroatoms. The fraction of sp³-hybridized carbons (Fsp3) is 0.0625. The third-order valence-electron chi connectivity index (χ3n) is 2.98. The third-order valence-corrected chi connectivity index (χ3v) is 4.22. The molecular weight excluding hydrogens is 338 g/mol. The number of rotatable bonds is 3. The van der Waals surface area contributed by atoms with Gasteiger partial charge in [0.05, 0.1) is 15.0 Å². The number of pyridine rings is 1.